The molecule has 0 radical (unpaired) electrons. The molecule has 9 aromatic rings. The third-order valence-corrected chi connectivity index (χ3v) is 17.1. The molecule has 23 heteroatoms. The maximum absolute atomic E-state index is 13.2. The van der Waals surface area contributed by atoms with Gasteiger partial charge >= 0.3 is 27.7 Å². The van der Waals surface area contributed by atoms with E-state index in [-0.39, 0.29) is 80.0 Å². The average Bonchev–Trinajstić information content (AvgIpc) is 3.36. The first-order valence-corrected chi connectivity index (χ1v) is 27.8. The van der Waals surface area contributed by atoms with Crippen molar-refractivity contribution >= 4 is 71.5 Å². The number of halogens is 11. The van der Waals surface area contributed by atoms with E-state index in [1.807, 2.05) is 0 Å². The second-order valence-electron chi connectivity index (χ2n) is 15.0. The zero-order valence-corrected chi connectivity index (χ0v) is 48.9. The Labute approximate surface area is 464 Å². The molecule has 0 atom stereocenters. The fourth-order valence-corrected chi connectivity index (χ4v) is 13.4. The van der Waals surface area contributed by atoms with Crippen molar-refractivity contribution in [2.24, 2.45) is 0 Å². The maximum atomic E-state index is 13.2. The molecular weight excluding hydrogens is 1310 g/mol. The Kier molecular flexibility index (Phi) is 25.8. The van der Waals surface area contributed by atoms with Crippen molar-refractivity contribution in [2.75, 3.05) is 0 Å². The Balaban J connectivity index is 0.000000227. The van der Waals surface area contributed by atoms with E-state index in [0.717, 1.165) is 47.7 Å². The first-order valence-electron chi connectivity index (χ1n) is 21.3. The Morgan fingerprint density at radius 1 is 0.182 bits per heavy atom. The molecule has 0 saturated carbocycles. The molecule has 0 spiro atoms. The monoisotopic (exact) mass is 1350 g/mol. The summed E-state index contributed by atoms with van der Waals surface area (Å²) in [5, 5.41) is 8.33. The van der Waals surface area contributed by atoms with Gasteiger partial charge in [-0.3, -0.25) is 0 Å². The van der Waals surface area contributed by atoms with Gasteiger partial charge in [0.05, 0.1) is 0 Å². The molecule has 0 aromatic heterocycles. The van der Waals surface area contributed by atoms with Crippen LogP contribution in [0.5, 0.6) is 0 Å². The van der Waals surface area contributed by atoms with Crippen LogP contribution in [0, 0.1) is 72.8 Å². The zero-order chi connectivity index (χ0) is 55.6. The molecule has 9 rings (SSSR count). The zero-order valence-electron chi connectivity index (χ0n) is 39.3. The predicted molar refractivity (Wildman–Crippen MR) is 255 cm³/mol. The summed E-state index contributed by atoms with van der Waals surface area (Å²) < 4.78 is 186. The molecular formula is C54H36Cl2F9HgO8P3. The number of benzene rings is 9. The first kappa shape index (κ1) is 64.4. The van der Waals surface area contributed by atoms with Gasteiger partial charge in [-0.2, -0.15) is 0 Å². The summed E-state index contributed by atoms with van der Waals surface area (Å²) in [6.07, 6.45) is 0. The fourth-order valence-electron chi connectivity index (χ4n) is 6.65. The quantitative estimate of drug-likeness (QED) is 0.120. The molecule has 0 amide bonds. The molecule has 9 aromatic carbocycles. The molecule has 0 fully saturated rings. The van der Waals surface area contributed by atoms with E-state index in [4.69, 9.17) is 37.3 Å². The average molecular weight is 1350 g/mol. The molecule has 0 saturated heterocycles. The van der Waals surface area contributed by atoms with E-state index in [1.165, 1.54) is 109 Å². The molecule has 0 aliphatic rings. The summed E-state index contributed by atoms with van der Waals surface area (Å²) in [4.78, 5) is 0. The van der Waals surface area contributed by atoms with E-state index in [2.05, 4.69) is 0 Å². The van der Waals surface area contributed by atoms with Gasteiger partial charge in [0.2, 0.25) is 0 Å². The molecule has 0 heterocycles. The maximum Gasteiger partial charge on any atom is 2.00 e. The van der Waals surface area contributed by atoms with Gasteiger partial charge in [-0.05, 0) is 181 Å². The van der Waals surface area contributed by atoms with Gasteiger partial charge in [0, 0.05) is 0 Å². The second-order valence-corrected chi connectivity index (χ2v) is 23.2. The van der Waals surface area contributed by atoms with Gasteiger partial charge in [-0.1, -0.05) is 109 Å². The summed E-state index contributed by atoms with van der Waals surface area (Å²) in [7, 11) is -12.8. The van der Waals surface area contributed by atoms with Crippen LogP contribution in [0.25, 0.3) is 0 Å². The summed E-state index contributed by atoms with van der Waals surface area (Å²) >= 11 is 0. The van der Waals surface area contributed by atoms with Crippen LogP contribution in [0.15, 0.2) is 218 Å². The van der Waals surface area contributed by atoms with Crippen molar-refractivity contribution in [1.82, 2.24) is 0 Å². The molecule has 0 N–H and O–H groups in total. The fraction of sp³-hybridized carbons (Fsp3) is 0. The van der Waals surface area contributed by atoms with Gasteiger partial charge in [0.25, 0.3) is 0 Å². The third kappa shape index (κ3) is 23.0. The molecule has 8 nitrogen and oxygen atoms in total. The van der Waals surface area contributed by atoms with Crippen molar-refractivity contribution < 1.29 is 125 Å². The molecule has 0 aliphatic heterocycles. The van der Waals surface area contributed by atoms with E-state index >= 15 is 0 Å². The van der Waals surface area contributed by atoms with Gasteiger partial charge < -0.3 is 0 Å². The van der Waals surface area contributed by atoms with Gasteiger partial charge in [0.15, 0.2) is 0 Å². The van der Waals surface area contributed by atoms with E-state index in [9.17, 15) is 39.5 Å². The Morgan fingerprint density at radius 3 is 0.312 bits per heavy atom. The van der Waals surface area contributed by atoms with Crippen molar-refractivity contribution in [3.63, 3.8) is 0 Å². The van der Waals surface area contributed by atoms with Crippen molar-refractivity contribution in [3.8, 4) is 0 Å². The minimum Gasteiger partial charge on any atom is -0.222 e. The number of hydrogen-bond acceptors (Lipinski definition) is 8. The summed E-state index contributed by atoms with van der Waals surface area (Å²) in [5.74, 6) is -2.78. The Hall–Kier alpha value is -5.16. The topological polar surface area (TPSA) is 184 Å². The van der Waals surface area contributed by atoms with Crippen LogP contribution in [0.1, 0.15) is 0 Å². The van der Waals surface area contributed by atoms with Crippen molar-refractivity contribution in [3.05, 3.63) is 271 Å². The standard InChI is InChI=1S/3C18H12F3P.2ClHO4.Hg/c3*19-13-1-7-16(8-2-13)22(17-9-3-14(20)4-10-17)18-11-5-15(21)6-12-18;2*2-1(3,4)5;/h3*1-12H;2*(H,2,3,4,5);/q;;;;;+2/p-2. The second kappa shape index (κ2) is 30.8. The SMILES string of the molecule is Fc1ccc(P(c2ccc(F)cc2)c2ccc(F)cc2)cc1.Fc1ccc(P(c2ccc(F)cc2)c2ccc(F)cc2)cc1.Fc1ccc(P(c2ccc(F)cc2)c2ccc(F)cc2)cc1.[Hg+2].[O-][Cl+3]([O-])([O-])[O-].[O-][Cl+3]([O-])([O-])[O-]. The Bertz CT molecular complexity index is 2480. The van der Waals surface area contributed by atoms with E-state index < -0.39 is 44.3 Å². The van der Waals surface area contributed by atoms with Crippen LogP contribution in [0.2, 0.25) is 0 Å². The third-order valence-electron chi connectivity index (χ3n) is 9.76. The largest absolute Gasteiger partial charge is 2.00 e. The van der Waals surface area contributed by atoms with E-state index in [0.29, 0.717) is 0 Å². The number of rotatable bonds is 9. The normalized spacial score (nSPS) is 10.9. The van der Waals surface area contributed by atoms with Gasteiger partial charge in [0.1, 0.15) is 52.4 Å². The van der Waals surface area contributed by atoms with Crippen LogP contribution in [0.3, 0.4) is 0 Å². The van der Waals surface area contributed by atoms with Crippen LogP contribution < -0.4 is 85.0 Å². The van der Waals surface area contributed by atoms with Crippen LogP contribution in [0.4, 0.5) is 39.5 Å². The van der Waals surface area contributed by atoms with Crippen molar-refractivity contribution in [1.29, 1.82) is 0 Å². The van der Waals surface area contributed by atoms with Crippen LogP contribution >= 0.6 is 23.8 Å². The Morgan fingerprint density at radius 2 is 0.247 bits per heavy atom. The molecule has 394 valence electrons. The van der Waals surface area contributed by atoms with Crippen LogP contribution in [-0.2, 0) is 27.7 Å². The summed E-state index contributed by atoms with van der Waals surface area (Å²) in [5.41, 5.74) is 0. The minimum absolute atomic E-state index is 0. The predicted octanol–water partition coefficient (Wildman–Crippen LogP) is 2.07. The molecule has 77 heavy (non-hydrogen) atoms. The van der Waals surface area contributed by atoms with Gasteiger partial charge in [-0.25, -0.2) is 76.8 Å². The van der Waals surface area contributed by atoms with E-state index in [1.54, 1.807) is 109 Å². The summed E-state index contributed by atoms with van der Waals surface area (Å²) in [6, 6.07) is 56.1. The minimum atomic E-state index is -4.94. The van der Waals surface area contributed by atoms with Crippen LogP contribution in [-0.4, -0.2) is 0 Å². The van der Waals surface area contributed by atoms with Gasteiger partial charge in [-0.15, -0.1) is 20.5 Å². The molecule has 0 aliphatic carbocycles. The first-order chi connectivity index (χ1) is 35.9. The number of hydrogen-bond donors (Lipinski definition) is 0. The molecule has 0 unspecified atom stereocenters. The smallest absolute Gasteiger partial charge is 0.222 e. The van der Waals surface area contributed by atoms with Crippen molar-refractivity contribution in [2.45, 2.75) is 0 Å². The summed E-state index contributed by atoms with van der Waals surface area (Å²) in [6.45, 7) is 0. The molecule has 0 bridgehead atoms.